The molecule has 1 aromatic rings. The molecule has 0 fully saturated rings. The maximum absolute atomic E-state index is 5.54. The molecule has 0 aliphatic heterocycles. The van der Waals surface area contributed by atoms with Crippen LogP contribution in [0.4, 0.5) is 0 Å². The van der Waals surface area contributed by atoms with E-state index in [1.807, 2.05) is 51.6 Å². The number of benzene rings is 1. The quantitative estimate of drug-likeness (QED) is 0.227. The van der Waals surface area contributed by atoms with Crippen LogP contribution in [0.2, 0.25) is 0 Å². The van der Waals surface area contributed by atoms with Crippen LogP contribution in [-0.2, 0) is 0 Å². The molecule has 0 radical (unpaired) electrons. The van der Waals surface area contributed by atoms with Crippen LogP contribution in [0, 0.1) is 0 Å². The molecule has 3 nitrogen and oxygen atoms in total. The van der Waals surface area contributed by atoms with Gasteiger partial charge in [-0.2, -0.15) is 0 Å². The second-order valence-corrected chi connectivity index (χ2v) is 4.32. The molecule has 0 saturated heterocycles. The molecule has 0 saturated carbocycles. The topological polar surface area (TPSA) is 21.6 Å². The summed E-state index contributed by atoms with van der Waals surface area (Å²) < 4.78 is 6.07. The Labute approximate surface area is 120 Å². The number of halogens is 1. The molecule has 0 spiro atoms. The van der Waals surface area contributed by atoms with Gasteiger partial charge in [-0.05, 0) is 12.1 Å². The van der Waals surface area contributed by atoms with Crippen LogP contribution in [-0.4, -0.2) is 38.6 Å². The second-order valence-electron chi connectivity index (χ2n) is 4.32. The van der Waals surface area contributed by atoms with Crippen LogP contribution in [0.5, 0.6) is 5.75 Å². The molecule has 17 heavy (non-hydrogen) atoms. The Morgan fingerprint density at radius 3 is 2.53 bits per heavy atom. The van der Waals surface area contributed by atoms with E-state index in [9.17, 15) is 0 Å². The third kappa shape index (κ3) is 6.43. The lowest BCUT2D eigenvalue weighted by molar-refractivity contribution is -0.876. The Hall–Kier alpha value is -0.880. The first-order valence-electron chi connectivity index (χ1n) is 5.23. The number of quaternary nitrogens is 1. The molecular formula is C13H19IN2O. The van der Waals surface area contributed by atoms with Crippen molar-refractivity contribution in [3.8, 4) is 5.75 Å². The molecule has 1 aromatic carbocycles. The Kier molecular flexibility index (Phi) is 7.06. The zero-order valence-electron chi connectivity index (χ0n) is 10.6. The Bertz CT molecular complexity index is 383. The van der Waals surface area contributed by atoms with Crippen molar-refractivity contribution in [1.29, 1.82) is 0 Å². The first-order valence-corrected chi connectivity index (χ1v) is 5.23. The van der Waals surface area contributed by atoms with Crippen molar-refractivity contribution in [2.24, 2.45) is 5.10 Å². The second kappa shape index (κ2) is 7.45. The zero-order valence-corrected chi connectivity index (χ0v) is 12.7. The van der Waals surface area contributed by atoms with Gasteiger partial charge in [-0.15, -0.1) is 0 Å². The zero-order chi connectivity index (χ0) is 12.0. The Morgan fingerprint density at radius 2 is 1.94 bits per heavy atom. The van der Waals surface area contributed by atoms with Crippen LogP contribution in [0.25, 0.3) is 0 Å². The predicted molar refractivity (Wildman–Crippen MR) is 67.8 cm³/mol. The summed E-state index contributed by atoms with van der Waals surface area (Å²) in [5.41, 5.74) is 0.984. The van der Waals surface area contributed by atoms with Gasteiger partial charge < -0.3 is 28.7 Å². The smallest absolute Gasteiger partial charge is 0.128 e. The number of nitrogens with zero attached hydrogens (tertiary/aromatic N) is 2. The molecule has 0 aromatic heterocycles. The highest BCUT2D eigenvalue weighted by molar-refractivity contribution is 5.82. The number of hydrogen-bond donors (Lipinski definition) is 0. The van der Waals surface area contributed by atoms with E-state index in [4.69, 9.17) is 4.74 Å². The molecule has 0 unspecified atom stereocenters. The van der Waals surface area contributed by atoms with Crippen molar-refractivity contribution in [1.82, 2.24) is 0 Å². The van der Waals surface area contributed by atoms with E-state index in [1.54, 1.807) is 6.08 Å². The van der Waals surface area contributed by atoms with Gasteiger partial charge >= 0.3 is 0 Å². The maximum Gasteiger partial charge on any atom is 0.128 e. The molecule has 0 amide bonds. The van der Waals surface area contributed by atoms with Gasteiger partial charge in [0.1, 0.15) is 12.4 Å². The van der Waals surface area contributed by atoms with Gasteiger partial charge in [0.2, 0.25) is 0 Å². The molecule has 1 rings (SSSR count). The normalized spacial score (nSPS) is 11.0. The van der Waals surface area contributed by atoms with Gasteiger partial charge in [0, 0.05) is 5.56 Å². The van der Waals surface area contributed by atoms with Gasteiger partial charge in [0.25, 0.3) is 0 Å². The molecule has 0 aliphatic rings. The van der Waals surface area contributed by atoms with Crippen LogP contribution in [0.15, 0.2) is 42.0 Å². The van der Waals surface area contributed by atoms with Crippen LogP contribution in [0.3, 0.4) is 0 Å². The summed E-state index contributed by atoms with van der Waals surface area (Å²) in [5.74, 6) is 0.833. The highest BCUT2D eigenvalue weighted by atomic mass is 127. The predicted octanol–water partition coefficient (Wildman–Crippen LogP) is -0.704. The molecule has 0 atom stereocenters. The number of para-hydroxylation sites is 1. The standard InChI is InChI=1S/C13H19N2O.HI/c1-5-10-16-13-9-7-6-8-12(13)11-14-15(2,3)4;/h5-9,11H,1,10H2,2-4H3;1H/q+1;/p-1/b14-11+;. The molecule has 0 N–H and O–H groups in total. The van der Waals surface area contributed by atoms with Gasteiger partial charge in [-0.3, -0.25) is 0 Å². The summed E-state index contributed by atoms with van der Waals surface area (Å²) in [6.07, 6.45) is 3.56. The average Bonchev–Trinajstić information content (AvgIpc) is 2.23. The molecule has 0 aliphatic carbocycles. The number of hydrogen-bond acceptors (Lipinski definition) is 2. The van der Waals surface area contributed by atoms with Crippen molar-refractivity contribution >= 4 is 6.21 Å². The van der Waals surface area contributed by atoms with Gasteiger partial charge in [0.05, 0.1) is 27.4 Å². The third-order valence-electron chi connectivity index (χ3n) is 1.82. The number of rotatable bonds is 5. The average molecular weight is 346 g/mol. The molecule has 4 heteroatoms. The number of ether oxygens (including phenoxy) is 1. The minimum Gasteiger partial charge on any atom is -1.00 e. The van der Waals surface area contributed by atoms with Crippen molar-refractivity contribution in [3.63, 3.8) is 0 Å². The van der Waals surface area contributed by atoms with Gasteiger partial charge in [-0.1, -0.05) is 29.9 Å². The Morgan fingerprint density at radius 1 is 1.29 bits per heavy atom. The Balaban J connectivity index is 0.00000256. The van der Waals surface area contributed by atoms with E-state index >= 15 is 0 Å². The minimum absolute atomic E-state index is 0. The van der Waals surface area contributed by atoms with Gasteiger partial charge in [0.15, 0.2) is 0 Å². The summed E-state index contributed by atoms with van der Waals surface area (Å²) in [4.78, 5) is 0. The highest BCUT2D eigenvalue weighted by Crippen LogP contribution is 2.16. The fourth-order valence-corrected chi connectivity index (χ4v) is 1.10. The summed E-state index contributed by atoms with van der Waals surface area (Å²) in [6, 6.07) is 7.83. The lowest BCUT2D eigenvalue weighted by Crippen LogP contribution is -3.00. The van der Waals surface area contributed by atoms with E-state index in [0.29, 0.717) is 11.2 Å². The third-order valence-corrected chi connectivity index (χ3v) is 1.82. The first-order chi connectivity index (χ1) is 7.53. The monoisotopic (exact) mass is 346 g/mol. The van der Waals surface area contributed by atoms with Crippen LogP contribution < -0.4 is 28.7 Å². The minimum atomic E-state index is 0. The van der Waals surface area contributed by atoms with Crippen LogP contribution in [0.1, 0.15) is 5.56 Å². The van der Waals surface area contributed by atoms with Crippen molar-refractivity contribution in [3.05, 3.63) is 42.5 Å². The summed E-state index contributed by atoms with van der Waals surface area (Å²) in [7, 11) is 6.01. The van der Waals surface area contributed by atoms with E-state index in [0.717, 1.165) is 11.3 Å². The lowest BCUT2D eigenvalue weighted by atomic mass is 10.2. The SMILES string of the molecule is C=CCOc1ccccc1/C=N/[N+](C)(C)C.[I-]. The molecule has 0 bridgehead atoms. The summed E-state index contributed by atoms with van der Waals surface area (Å²) in [6.45, 7) is 4.14. The van der Waals surface area contributed by atoms with E-state index in [2.05, 4.69) is 11.7 Å². The first kappa shape index (κ1) is 16.1. The fourth-order valence-electron chi connectivity index (χ4n) is 1.10. The largest absolute Gasteiger partial charge is 1.00 e. The van der Waals surface area contributed by atoms with E-state index in [-0.39, 0.29) is 24.0 Å². The molecule has 0 heterocycles. The maximum atomic E-state index is 5.54. The summed E-state index contributed by atoms with van der Waals surface area (Å²) in [5, 5.41) is 4.40. The van der Waals surface area contributed by atoms with Gasteiger partial charge in [-0.25, -0.2) is 4.59 Å². The van der Waals surface area contributed by atoms with Crippen molar-refractivity contribution in [2.75, 3.05) is 27.7 Å². The van der Waals surface area contributed by atoms with Crippen molar-refractivity contribution < 1.29 is 33.3 Å². The lowest BCUT2D eigenvalue weighted by Gasteiger charge is -2.14. The van der Waals surface area contributed by atoms with E-state index in [1.165, 1.54) is 0 Å². The van der Waals surface area contributed by atoms with Crippen molar-refractivity contribution in [2.45, 2.75) is 0 Å². The highest BCUT2D eigenvalue weighted by Gasteiger charge is 2.04. The fraction of sp³-hybridized carbons (Fsp3) is 0.308. The molecular weight excluding hydrogens is 327 g/mol. The van der Waals surface area contributed by atoms with Crippen LogP contribution >= 0.6 is 0 Å². The summed E-state index contributed by atoms with van der Waals surface area (Å²) >= 11 is 0. The van der Waals surface area contributed by atoms with E-state index < -0.39 is 0 Å². The molecule has 94 valence electrons.